The summed E-state index contributed by atoms with van der Waals surface area (Å²) in [5, 5.41) is 17.4. The summed E-state index contributed by atoms with van der Waals surface area (Å²) in [5.74, 6) is -0.103. The molecule has 0 aliphatic carbocycles. The van der Waals surface area contributed by atoms with Crippen LogP contribution in [-0.2, 0) is 4.74 Å². The lowest BCUT2D eigenvalue weighted by molar-refractivity contribution is -0.383. The highest BCUT2D eigenvalue weighted by molar-refractivity contribution is 6.30. The van der Waals surface area contributed by atoms with Gasteiger partial charge in [0.1, 0.15) is 0 Å². The molecule has 0 saturated heterocycles. The fourth-order valence-electron chi connectivity index (χ4n) is 1.79. The maximum atomic E-state index is 11.2. The number of nitrogens with zero attached hydrogens (tertiary/aromatic N) is 3. The van der Waals surface area contributed by atoms with Gasteiger partial charge in [-0.25, -0.2) is 0 Å². The van der Waals surface area contributed by atoms with Gasteiger partial charge in [0.15, 0.2) is 0 Å². The number of benzene rings is 1. The quantitative estimate of drug-likeness (QED) is 0.399. The summed E-state index contributed by atoms with van der Waals surface area (Å²) < 4.78 is 4.91. The number of methoxy groups -OCH3 is 1. The van der Waals surface area contributed by atoms with Crippen LogP contribution in [0.2, 0.25) is 5.02 Å². The molecule has 0 unspecified atom stereocenters. The summed E-state index contributed by atoms with van der Waals surface area (Å²) in [6.07, 6.45) is 0. The molecule has 0 spiro atoms. The topological polar surface area (TPSA) is 128 Å². The first kappa shape index (κ1) is 16.7. The van der Waals surface area contributed by atoms with E-state index in [1.807, 2.05) is 0 Å². The van der Waals surface area contributed by atoms with E-state index in [0.717, 1.165) is 0 Å². The Kier molecular flexibility index (Phi) is 5.50. The van der Waals surface area contributed by atoms with Crippen LogP contribution in [0.15, 0.2) is 24.3 Å². The third kappa shape index (κ3) is 4.41. The highest BCUT2D eigenvalue weighted by Gasteiger charge is 2.23. The van der Waals surface area contributed by atoms with Gasteiger partial charge in [-0.2, -0.15) is 9.97 Å². The standard InChI is InChI=1S/C13H15ClN6O3/c1-23-6-5-16-13-18-11(15)10(20(21)22)12(19-13)17-9-4-2-3-8(14)7-9/h2-4,7H,5-6H2,1H3,(H4,15,16,17,18,19). The fraction of sp³-hybridized carbons (Fsp3) is 0.231. The zero-order chi connectivity index (χ0) is 16.8. The molecule has 2 rings (SSSR count). The van der Waals surface area contributed by atoms with Crippen LogP contribution in [0.5, 0.6) is 0 Å². The van der Waals surface area contributed by atoms with Gasteiger partial charge in [0.05, 0.1) is 11.5 Å². The first-order valence-corrected chi connectivity index (χ1v) is 6.96. The van der Waals surface area contributed by atoms with E-state index in [0.29, 0.717) is 23.9 Å². The zero-order valence-corrected chi connectivity index (χ0v) is 13.0. The van der Waals surface area contributed by atoms with Crippen LogP contribution in [-0.4, -0.2) is 35.2 Å². The molecular formula is C13H15ClN6O3. The van der Waals surface area contributed by atoms with Crippen molar-refractivity contribution in [3.8, 4) is 0 Å². The molecule has 122 valence electrons. The number of ether oxygens (including phenoxy) is 1. The lowest BCUT2D eigenvalue weighted by Crippen LogP contribution is -2.13. The van der Waals surface area contributed by atoms with Crippen LogP contribution < -0.4 is 16.4 Å². The number of nitrogen functional groups attached to an aromatic ring is 1. The van der Waals surface area contributed by atoms with E-state index < -0.39 is 10.6 Å². The molecule has 0 atom stereocenters. The minimum Gasteiger partial charge on any atom is -0.383 e. The molecule has 0 aliphatic rings. The summed E-state index contributed by atoms with van der Waals surface area (Å²) in [6.45, 7) is 0.863. The zero-order valence-electron chi connectivity index (χ0n) is 12.2. The Morgan fingerprint density at radius 3 is 2.87 bits per heavy atom. The molecule has 0 radical (unpaired) electrons. The van der Waals surface area contributed by atoms with Crippen LogP contribution in [0.3, 0.4) is 0 Å². The molecule has 1 aromatic heterocycles. The number of nitrogens with two attached hydrogens (primary N) is 1. The number of halogens is 1. The lowest BCUT2D eigenvalue weighted by atomic mass is 10.3. The van der Waals surface area contributed by atoms with E-state index in [-0.39, 0.29) is 17.6 Å². The van der Waals surface area contributed by atoms with Crippen molar-refractivity contribution in [3.05, 3.63) is 39.4 Å². The average molecular weight is 339 g/mol. The Balaban J connectivity index is 2.35. The van der Waals surface area contributed by atoms with Crippen LogP contribution in [0, 0.1) is 10.1 Å². The minimum absolute atomic E-state index is 0.0234. The van der Waals surface area contributed by atoms with Crippen LogP contribution in [0.25, 0.3) is 0 Å². The van der Waals surface area contributed by atoms with Crippen LogP contribution in [0.4, 0.5) is 29.0 Å². The second-order valence-electron chi connectivity index (χ2n) is 4.44. The maximum absolute atomic E-state index is 11.2. The van der Waals surface area contributed by atoms with Crippen molar-refractivity contribution in [2.24, 2.45) is 0 Å². The first-order chi connectivity index (χ1) is 11.0. The molecule has 0 aliphatic heterocycles. The number of nitrogens with one attached hydrogen (secondary N) is 2. The Bertz CT molecular complexity index is 712. The van der Waals surface area contributed by atoms with Crippen molar-refractivity contribution in [2.45, 2.75) is 0 Å². The largest absolute Gasteiger partial charge is 0.383 e. The summed E-state index contributed by atoms with van der Waals surface area (Å²) in [6, 6.07) is 6.71. The second-order valence-corrected chi connectivity index (χ2v) is 4.88. The van der Waals surface area contributed by atoms with Crippen molar-refractivity contribution in [2.75, 3.05) is 36.6 Å². The van der Waals surface area contributed by atoms with Crippen LogP contribution >= 0.6 is 11.6 Å². The van der Waals surface area contributed by atoms with Gasteiger partial charge in [-0.3, -0.25) is 10.1 Å². The summed E-state index contributed by atoms with van der Waals surface area (Å²) >= 11 is 5.90. The smallest absolute Gasteiger partial charge is 0.353 e. The number of hydrogen-bond acceptors (Lipinski definition) is 8. The Hall–Kier alpha value is -2.65. The molecule has 1 heterocycles. The highest BCUT2D eigenvalue weighted by Crippen LogP contribution is 2.31. The number of hydrogen-bond donors (Lipinski definition) is 3. The van der Waals surface area contributed by atoms with E-state index >= 15 is 0 Å². The van der Waals surface area contributed by atoms with Gasteiger partial charge in [-0.15, -0.1) is 0 Å². The third-order valence-corrected chi connectivity index (χ3v) is 3.01. The molecule has 0 amide bonds. The SMILES string of the molecule is COCCNc1nc(N)c([N+](=O)[O-])c(Nc2cccc(Cl)c2)n1. The molecule has 9 nitrogen and oxygen atoms in total. The van der Waals surface area contributed by atoms with Crippen LogP contribution in [0.1, 0.15) is 0 Å². The van der Waals surface area contributed by atoms with E-state index in [1.165, 1.54) is 0 Å². The first-order valence-electron chi connectivity index (χ1n) is 6.58. The van der Waals surface area contributed by atoms with E-state index in [4.69, 9.17) is 22.1 Å². The predicted molar refractivity (Wildman–Crippen MR) is 88.2 cm³/mol. The van der Waals surface area contributed by atoms with Crippen molar-refractivity contribution < 1.29 is 9.66 Å². The second kappa shape index (κ2) is 7.56. The number of aromatic nitrogens is 2. The molecule has 4 N–H and O–H groups in total. The fourth-order valence-corrected chi connectivity index (χ4v) is 1.98. The van der Waals surface area contributed by atoms with Gasteiger partial charge in [0, 0.05) is 24.4 Å². The predicted octanol–water partition coefficient (Wildman–Crippen LogP) is 2.42. The van der Waals surface area contributed by atoms with Gasteiger partial charge >= 0.3 is 5.69 Å². The molecule has 1 aromatic carbocycles. The van der Waals surface area contributed by atoms with Gasteiger partial charge in [-0.1, -0.05) is 17.7 Å². The summed E-state index contributed by atoms with van der Waals surface area (Å²) in [7, 11) is 1.55. The van der Waals surface area contributed by atoms with E-state index in [9.17, 15) is 10.1 Å². The van der Waals surface area contributed by atoms with Crippen molar-refractivity contribution >= 4 is 40.6 Å². The van der Waals surface area contributed by atoms with Gasteiger partial charge < -0.3 is 21.1 Å². The Morgan fingerprint density at radius 2 is 2.22 bits per heavy atom. The van der Waals surface area contributed by atoms with Crippen molar-refractivity contribution in [1.82, 2.24) is 9.97 Å². The average Bonchev–Trinajstić information content (AvgIpc) is 2.46. The molecule has 0 saturated carbocycles. The Labute approximate surface area is 137 Å². The molecule has 10 heteroatoms. The molecule has 2 aromatic rings. The third-order valence-electron chi connectivity index (χ3n) is 2.77. The van der Waals surface area contributed by atoms with E-state index in [1.54, 1.807) is 31.4 Å². The Morgan fingerprint density at radius 1 is 1.43 bits per heavy atom. The number of nitro groups is 1. The number of anilines is 4. The molecule has 23 heavy (non-hydrogen) atoms. The lowest BCUT2D eigenvalue weighted by Gasteiger charge is -2.10. The van der Waals surface area contributed by atoms with Crippen molar-refractivity contribution in [3.63, 3.8) is 0 Å². The highest BCUT2D eigenvalue weighted by atomic mass is 35.5. The number of rotatable bonds is 7. The maximum Gasteiger partial charge on any atom is 0.353 e. The van der Waals surface area contributed by atoms with Gasteiger partial charge in [-0.05, 0) is 18.2 Å². The van der Waals surface area contributed by atoms with Crippen molar-refractivity contribution in [1.29, 1.82) is 0 Å². The van der Waals surface area contributed by atoms with E-state index in [2.05, 4.69) is 20.6 Å². The van der Waals surface area contributed by atoms with Gasteiger partial charge in [0.2, 0.25) is 17.6 Å². The van der Waals surface area contributed by atoms with Gasteiger partial charge in [0.25, 0.3) is 0 Å². The summed E-state index contributed by atoms with van der Waals surface area (Å²) in [4.78, 5) is 18.5. The minimum atomic E-state index is -0.638. The summed E-state index contributed by atoms with van der Waals surface area (Å²) in [5.41, 5.74) is 5.82. The monoisotopic (exact) mass is 338 g/mol. The molecular weight excluding hydrogens is 324 g/mol. The molecule has 0 bridgehead atoms. The molecule has 0 fully saturated rings. The normalized spacial score (nSPS) is 10.3.